The molecule has 2 amide bonds. The maximum Gasteiger partial charge on any atom is 0.257 e. The highest BCUT2D eigenvalue weighted by molar-refractivity contribution is 9.10. The first-order valence-corrected chi connectivity index (χ1v) is 13.7. The Morgan fingerprint density at radius 2 is 1.81 bits per heavy atom. The molecule has 1 atom stereocenters. The smallest absolute Gasteiger partial charge is 0.257 e. The topological polar surface area (TPSA) is 86.9 Å². The minimum Gasteiger partial charge on any atom is -0.455 e. The van der Waals surface area contributed by atoms with Gasteiger partial charge in [0.05, 0.1) is 12.3 Å². The van der Waals surface area contributed by atoms with Crippen LogP contribution in [0.5, 0.6) is 0 Å². The fourth-order valence-electron chi connectivity index (χ4n) is 4.52. The minimum absolute atomic E-state index is 0.0683. The van der Waals surface area contributed by atoms with Crippen molar-refractivity contribution < 1.29 is 14.0 Å². The summed E-state index contributed by atoms with van der Waals surface area (Å²) >= 11 is 3.47. The van der Waals surface area contributed by atoms with Crippen molar-refractivity contribution in [3.8, 4) is 11.3 Å². The lowest BCUT2D eigenvalue weighted by molar-refractivity contribution is -0.127. The standard InChI is InChI=1S/C29H33BrN4O3/c30-24-13-9-12-23(20-24)27-16-15-25(37-27)21-32-33-29(36)26(34-18-7-2-8-19-34)14-5-6-17-31-28(35)22-10-3-1-4-11-22/h1,3-4,9-13,15-16,20-21,26H,2,5-8,14,17-19H2,(H,31,35)(H,33,36)/b32-21+/t26-/m1/s1. The van der Waals surface area contributed by atoms with Gasteiger partial charge < -0.3 is 9.73 Å². The normalized spacial score (nSPS) is 14.9. The van der Waals surface area contributed by atoms with Crippen LogP contribution in [0.2, 0.25) is 0 Å². The Labute approximate surface area is 226 Å². The molecule has 37 heavy (non-hydrogen) atoms. The van der Waals surface area contributed by atoms with E-state index in [4.69, 9.17) is 4.42 Å². The lowest BCUT2D eigenvalue weighted by atomic mass is 10.0. The lowest BCUT2D eigenvalue weighted by Gasteiger charge is -2.33. The van der Waals surface area contributed by atoms with Crippen molar-refractivity contribution >= 4 is 34.0 Å². The molecule has 0 unspecified atom stereocenters. The first-order valence-electron chi connectivity index (χ1n) is 12.9. The van der Waals surface area contributed by atoms with Crippen molar-refractivity contribution in [3.05, 3.63) is 82.5 Å². The van der Waals surface area contributed by atoms with Crippen molar-refractivity contribution in [2.75, 3.05) is 19.6 Å². The van der Waals surface area contributed by atoms with E-state index in [2.05, 4.69) is 36.7 Å². The summed E-state index contributed by atoms with van der Waals surface area (Å²) in [7, 11) is 0. The fourth-order valence-corrected chi connectivity index (χ4v) is 4.92. The zero-order chi connectivity index (χ0) is 25.9. The number of amides is 2. The predicted molar refractivity (Wildman–Crippen MR) is 149 cm³/mol. The number of nitrogens with zero attached hydrogens (tertiary/aromatic N) is 2. The summed E-state index contributed by atoms with van der Waals surface area (Å²) in [5.74, 6) is 1.13. The average Bonchev–Trinajstić information content (AvgIpc) is 3.40. The van der Waals surface area contributed by atoms with Crippen LogP contribution in [0.25, 0.3) is 11.3 Å². The number of furan rings is 1. The maximum atomic E-state index is 13.1. The number of nitrogens with one attached hydrogen (secondary N) is 2. The van der Waals surface area contributed by atoms with E-state index in [9.17, 15) is 9.59 Å². The Kier molecular flexibility index (Phi) is 10.1. The monoisotopic (exact) mass is 564 g/mol. The lowest BCUT2D eigenvalue weighted by Crippen LogP contribution is -2.47. The molecule has 4 rings (SSSR count). The zero-order valence-corrected chi connectivity index (χ0v) is 22.5. The molecule has 0 spiro atoms. The van der Waals surface area contributed by atoms with Crippen molar-refractivity contribution in [1.29, 1.82) is 0 Å². The number of benzene rings is 2. The number of carbonyl (C=O) groups is 2. The van der Waals surface area contributed by atoms with Crippen LogP contribution in [-0.4, -0.2) is 48.6 Å². The van der Waals surface area contributed by atoms with Gasteiger partial charge in [-0.3, -0.25) is 14.5 Å². The number of halogens is 1. The summed E-state index contributed by atoms with van der Waals surface area (Å²) in [5, 5.41) is 7.13. The molecule has 2 heterocycles. The van der Waals surface area contributed by atoms with E-state index in [0.717, 1.165) is 61.0 Å². The van der Waals surface area contributed by atoms with Gasteiger partial charge in [-0.25, -0.2) is 5.43 Å². The van der Waals surface area contributed by atoms with Gasteiger partial charge in [0, 0.05) is 22.1 Å². The molecule has 194 valence electrons. The summed E-state index contributed by atoms with van der Waals surface area (Å²) < 4.78 is 6.84. The second-order valence-corrected chi connectivity index (χ2v) is 10.1. The number of likely N-dealkylation sites (tertiary alicyclic amines) is 1. The largest absolute Gasteiger partial charge is 0.455 e. The number of carbonyl (C=O) groups excluding carboxylic acids is 2. The predicted octanol–water partition coefficient (Wildman–Crippen LogP) is 5.61. The van der Waals surface area contributed by atoms with E-state index in [1.165, 1.54) is 12.6 Å². The molecule has 0 saturated carbocycles. The van der Waals surface area contributed by atoms with Crippen LogP contribution in [0.15, 0.2) is 80.7 Å². The third-order valence-electron chi connectivity index (χ3n) is 6.46. The second kappa shape index (κ2) is 13.9. The molecule has 3 aromatic rings. The zero-order valence-electron chi connectivity index (χ0n) is 20.9. The molecule has 7 nitrogen and oxygen atoms in total. The first-order chi connectivity index (χ1) is 18.1. The van der Waals surface area contributed by atoms with Gasteiger partial charge in [0.2, 0.25) is 0 Å². The van der Waals surface area contributed by atoms with Crippen molar-refractivity contribution in [2.45, 2.75) is 44.6 Å². The van der Waals surface area contributed by atoms with Crippen LogP contribution in [0.1, 0.15) is 54.6 Å². The SMILES string of the molecule is O=C(NCCCC[C@H](C(=O)N/N=C/c1ccc(-c2cccc(Br)c2)o1)N1CCCCC1)c1ccccc1. The third-order valence-corrected chi connectivity index (χ3v) is 6.96. The molecule has 2 N–H and O–H groups in total. The number of piperidine rings is 1. The number of hydrogen-bond donors (Lipinski definition) is 2. The molecule has 1 aliphatic heterocycles. The van der Waals surface area contributed by atoms with Gasteiger partial charge in [0.1, 0.15) is 11.5 Å². The van der Waals surface area contributed by atoms with Gasteiger partial charge in [-0.15, -0.1) is 0 Å². The summed E-state index contributed by atoms with van der Waals surface area (Å²) in [6.07, 6.45) is 7.30. The molecule has 0 radical (unpaired) electrons. The Morgan fingerprint density at radius 3 is 2.59 bits per heavy atom. The highest BCUT2D eigenvalue weighted by atomic mass is 79.9. The molecule has 1 saturated heterocycles. The van der Waals surface area contributed by atoms with Crippen molar-refractivity contribution in [3.63, 3.8) is 0 Å². The molecule has 0 bridgehead atoms. The Morgan fingerprint density at radius 1 is 1.00 bits per heavy atom. The molecular formula is C29H33BrN4O3. The highest BCUT2D eigenvalue weighted by Crippen LogP contribution is 2.24. The van der Waals surface area contributed by atoms with Crippen molar-refractivity contribution in [2.24, 2.45) is 5.10 Å². The van der Waals surface area contributed by atoms with E-state index in [0.29, 0.717) is 17.9 Å². The Bertz CT molecular complexity index is 1190. The number of hydrazone groups is 1. The van der Waals surface area contributed by atoms with Crippen LogP contribution in [0.4, 0.5) is 0 Å². The Hall–Kier alpha value is -3.23. The van der Waals surface area contributed by atoms with Gasteiger partial charge in [-0.2, -0.15) is 5.10 Å². The highest BCUT2D eigenvalue weighted by Gasteiger charge is 2.26. The molecule has 2 aromatic carbocycles. The van der Waals surface area contributed by atoms with Crippen LogP contribution >= 0.6 is 15.9 Å². The van der Waals surface area contributed by atoms with E-state index in [1.54, 1.807) is 12.1 Å². The van der Waals surface area contributed by atoms with E-state index in [-0.39, 0.29) is 17.9 Å². The number of hydrogen-bond acceptors (Lipinski definition) is 5. The first kappa shape index (κ1) is 26.8. The fraction of sp³-hybridized carbons (Fsp3) is 0.345. The van der Waals surface area contributed by atoms with E-state index in [1.807, 2.05) is 54.6 Å². The summed E-state index contributed by atoms with van der Waals surface area (Å²) in [6.45, 7) is 2.42. The van der Waals surface area contributed by atoms with Gasteiger partial charge in [0.25, 0.3) is 11.8 Å². The van der Waals surface area contributed by atoms with Crippen LogP contribution < -0.4 is 10.7 Å². The van der Waals surface area contributed by atoms with Gasteiger partial charge in [-0.1, -0.05) is 52.7 Å². The van der Waals surface area contributed by atoms with E-state index >= 15 is 0 Å². The van der Waals surface area contributed by atoms with Gasteiger partial charge in [0.15, 0.2) is 0 Å². The minimum atomic E-state index is -0.240. The molecule has 1 aromatic heterocycles. The maximum absolute atomic E-state index is 13.1. The second-order valence-electron chi connectivity index (χ2n) is 9.18. The molecule has 1 fully saturated rings. The van der Waals surface area contributed by atoms with E-state index < -0.39 is 0 Å². The summed E-state index contributed by atoms with van der Waals surface area (Å²) in [5.41, 5.74) is 4.34. The van der Waals surface area contributed by atoms with Gasteiger partial charge >= 0.3 is 0 Å². The molecule has 8 heteroatoms. The summed E-state index contributed by atoms with van der Waals surface area (Å²) in [4.78, 5) is 27.6. The number of unbranched alkanes of at least 4 members (excludes halogenated alkanes) is 1. The molecular weight excluding hydrogens is 532 g/mol. The van der Waals surface area contributed by atoms with Crippen LogP contribution in [-0.2, 0) is 4.79 Å². The van der Waals surface area contributed by atoms with Crippen LogP contribution in [0.3, 0.4) is 0 Å². The van der Waals surface area contributed by atoms with Crippen molar-refractivity contribution in [1.82, 2.24) is 15.6 Å². The van der Waals surface area contributed by atoms with Crippen LogP contribution in [0, 0.1) is 0 Å². The quantitative estimate of drug-likeness (QED) is 0.180. The third kappa shape index (κ3) is 8.13. The van der Waals surface area contributed by atoms with Gasteiger partial charge in [-0.05, 0) is 81.6 Å². The summed E-state index contributed by atoms with van der Waals surface area (Å²) in [6, 6.07) is 20.6. The number of rotatable bonds is 11. The molecule has 1 aliphatic rings. The average molecular weight is 566 g/mol. The Balaban J connectivity index is 1.27. The molecule has 0 aliphatic carbocycles.